The van der Waals surface area contributed by atoms with Crippen LogP contribution in [0.1, 0.15) is 17.7 Å². The lowest BCUT2D eigenvalue weighted by Crippen LogP contribution is -1.99. The highest BCUT2D eigenvalue weighted by Gasteiger charge is 2.05. The minimum absolute atomic E-state index is 0.137. The molecule has 0 aliphatic rings. The molecule has 1 atom stereocenters. The van der Waals surface area contributed by atoms with Gasteiger partial charge in [-0.2, -0.15) is 12.6 Å². The van der Waals surface area contributed by atoms with E-state index >= 15 is 0 Å². The van der Waals surface area contributed by atoms with Crippen LogP contribution in [-0.4, -0.2) is 0 Å². The van der Waals surface area contributed by atoms with Crippen LogP contribution in [0.25, 0.3) is 0 Å². The third-order valence-electron chi connectivity index (χ3n) is 1.62. The van der Waals surface area contributed by atoms with E-state index in [1.54, 1.807) is 6.07 Å². The van der Waals surface area contributed by atoms with Crippen molar-refractivity contribution in [1.82, 2.24) is 0 Å². The van der Waals surface area contributed by atoms with Crippen molar-refractivity contribution in [3.05, 3.63) is 23.8 Å². The number of benzene rings is 1. The first-order valence-corrected chi connectivity index (χ1v) is 3.96. The molecule has 0 fully saturated rings. The van der Waals surface area contributed by atoms with Crippen molar-refractivity contribution in [1.29, 1.82) is 0 Å². The number of anilines is 2. The van der Waals surface area contributed by atoms with Gasteiger partial charge in [-0.05, 0) is 18.6 Å². The Morgan fingerprint density at radius 2 is 2.00 bits per heavy atom. The Labute approximate surface area is 72.0 Å². The molecule has 4 N–H and O–H groups in total. The molecule has 0 spiro atoms. The molecule has 2 nitrogen and oxygen atoms in total. The Morgan fingerprint density at radius 1 is 1.36 bits per heavy atom. The minimum Gasteiger partial charge on any atom is -0.397 e. The van der Waals surface area contributed by atoms with Crippen LogP contribution in [0, 0.1) is 0 Å². The van der Waals surface area contributed by atoms with Gasteiger partial charge >= 0.3 is 0 Å². The maximum Gasteiger partial charge on any atom is 0.0591 e. The molecule has 1 aromatic rings. The quantitative estimate of drug-likeness (QED) is 0.442. The third kappa shape index (κ3) is 1.60. The maximum absolute atomic E-state index is 5.71. The molecule has 3 heteroatoms. The number of hydrogen-bond donors (Lipinski definition) is 3. The number of para-hydroxylation sites is 1. The lowest BCUT2D eigenvalue weighted by molar-refractivity contribution is 1.12. The number of hydrogen-bond acceptors (Lipinski definition) is 3. The number of rotatable bonds is 1. The van der Waals surface area contributed by atoms with Crippen molar-refractivity contribution in [2.45, 2.75) is 12.2 Å². The van der Waals surface area contributed by atoms with Crippen LogP contribution < -0.4 is 11.5 Å². The summed E-state index contributed by atoms with van der Waals surface area (Å²) in [5, 5.41) is 0.137. The van der Waals surface area contributed by atoms with Gasteiger partial charge in [0.2, 0.25) is 0 Å². The van der Waals surface area contributed by atoms with Gasteiger partial charge < -0.3 is 11.5 Å². The van der Waals surface area contributed by atoms with Crippen LogP contribution in [0.2, 0.25) is 0 Å². The van der Waals surface area contributed by atoms with E-state index in [4.69, 9.17) is 11.5 Å². The number of thiol groups is 1. The molecule has 0 radical (unpaired) electrons. The maximum atomic E-state index is 5.71. The van der Waals surface area contributed by atoms with E-state index < -0.39 is 0 Å². The predicted molar refractivity (Wildman–Crippen MR) is 52.7 cm³/mol. The molecule has 0 aromatic heterocycles. The van der Waals surface area contributed by atoms with E-state index in [2.05, 4.69) is 12.6 Å². The lowest BCUT2D eigenvalue weighted by atomic mass is 10.1. The van der Waals surface area contributed by atoms with Gasteiger partial charge in [0.25, 0.3) is 0 Å². The Bertz CT molecular complexity index is 258. The van der Waals surface area contributed by atoms with Crippen LogP contribution in [0.4, 0.5) is 11.4 Å². The summed E-state index contributed by atoms with van der Waals surface area (Å²) in [4.78, 5) is 0. The van der Waals surface area contributed by atoms with Crippen LogP contribution in [0.5, 0.6) is 0 Å². The molecule has 0 bridgehead atoms. The average molecular weight is 168 g/mol. The van der Waals surface area contributed by atoms with Gasteiger partial charge in [-0.1, -0.05) is 12.1 Å². The highest BCUT2D eigenvalue weighted by atomic mass is 32.1. The molecule has 11 heavy (non-hydrogen) atoms. The lowest BCUT2D eigenvalue weighted by Gasteiger charge is -2.09. The Morgan fingerprint density at radius 3 is 2.45 bits per heavy atom. The van der Waals surface area contributed by atoms with E-state index in [9.17, 15) is 0 Å². The molecule has 0 amide bonds. The molecular weight excluding hydrogens is 156 g/mol. The van der Waals surface area contributed by atoms with Crippen molar-refractivity contribution in [2.24, 2.45) is 0 Å². The summed E-state index contributed by atoms with van der Waals surface area (Å²) in [5.41, 5.74) is 13.6. The standard InChI is InChI=1S/C8H12N2S/c1-5(11)6-3-2-4-7(9)8(6)10/h2-5,11H,9-10H2,1H3. The molecule has 0 aliphatic heterocycles. The fourth-order valence-corrected chi connectivity index (χ4v) is 1.19. The summed E-state index contributed by atoms with van der Waals surface area (Å²) in [6.07, 6.45) is 0. The summed E-state index contributed by atoms with van der Waals surface area (Å²) in [7, 11) is 0. The monoisotopic (exact) mass is 168 g/mol. The van der Waals surface area contributed by atoms with Crippen molar-refractivity contribution in [3.8, 4) is 0 Å². The van der Waals surface area contributed by atoms with E-state index in [0.29, 0.717) is 11.4 Å². The van der Waals surface area contributed by atoms with Crippen LogP contribution >= 0.6 is 12.6 Å². The van der Waals surface area contributed by atoms with Crippen LogP contribution in [0.15, 0.2) is 18.2 Å². The molecule has 0 saturated heterocycles. The van der Waals surface area contributed by atoms with Crippen molar-refractivity contribution >= 4 is 24.0 Å². The van der Waals surface area contributed by atoms with Gasteiger partial charge in [0.05, 0.1) is 11.4 Å². The average Bonchev–Trinajstić information content (AvgIpc) is 1.94. The third-order valence-corrected chi connectivity index (χ3v) is 1.90. The largest absolute Gasteiger partial charge is 0.397 e. The van der Waals surface area contributed by atoms with Crippen LogP contribution in [0.3, 0.4) is 0 Å². The SMILES string of the molecule is CC(S)c1cccc(N)c1N. The molecule has 1 unspecified atom stereocenters. The minimum atomic E-state index is 0.137. The van der Waals surface area contributed by atoms with Gasteiger partial charge in [-0.15, -0.1) is 0 Å². The second-order valence-corrected chi connectivity index (χ2v) is 3.30. The highest BCUT2D eigenvalue weighted by molar-refractivity contribution is 7.80. The normalized spacial score (nSPS) is 12.9. The Hall–Kier alpha value is -0.830. The number of nitrogen functional groups attached to an aromatic ring is 2. The van der Waals surface area contributed by atoms with Crippen molar-refractivity contribution in [3.63, 3.8) is 0 Å². The van der Waals surface area contributed by atoms with Crippen molar-refractivity contribution < 1.29 is 0 Å². The van der Waals surface area contributed by atoms with E-state index in [1.165, 1.54) is 0 Å². The van der Waals surface area contributed by atoms with Gasteiger partial charge in [0.15, 0.2) is 0 Å². The zero-order valence-electron chi connectivity index (χ0n) is 6.41. The first kappa shape index (κ1) is 8.27. The Kier molecular flexibility index (Phi) is 2.29. The number of nitrogens with two attached hydrogens (primary N) is 2. The molecule has 60 valence electrons. The second kappa shape index (κ2) is 3.05. The fraction of sp³-hybridized carbons (Fsp3) is 0.250. The smallest absolute Gasteiger partial charge is 0.0591 e. The summed E-state index contributed by atoms with van der Waals surface area (Å²) in [5.74, 6) is 0. The fourth-order valence-electron chi connectivity index (χ4n) is 0.966. The zero-order valence-corrected chi connectivity index (χ0v) is 7.31. The topological polar surface area (TPSA) is 52.0 Å². The van der Waals surface area contributed by atoms with Gasteiger partial charge in [-0.3, -0.25) is 0 Å². The van der Waals surface area contributed by atoms with E-state index in [0.717, 1.165) is 5.56 Å². The molecule has 0 heterocycles. The first-order chi connectivity index (χ1) is 5.13. The van der Waals surface area contributed by atoms with E-state index in [-0.39, 0.29) is 5.25 Å². The molecule has 0 aliphatic carbocycles. The Balaban J connectivity index is 3.17. The summed E-state index contributed by atoms with van der Waals surface area (Å²) in [6.45, 7) is 1.97. The molecule has 0 saturated carbocycles. The summed E-state index contributed by atoms with van der Waals surface area (Å²) in [6, 6.07) is 5.60. The predicted octanol–water partition coefficient (Wildman–Crippen LogP) is 1.84. The van der Waals surface area contributed by atoms with E-state index in [1.807, 2.05) is 19.1 Å². The summed E-state index contributed by atoms with van der Waals surface area (Å²) < 4.78 is 0. The van der Waals surface area contributed by atoms with Gasteiger partial charge in [0, 0.05) is 5.25 Å². The first-order valence-electron chi connectivity index (χ1n) is 3.45. The molecular formula is C8H12N2S. The van der Waals surface area contributed by atoms with Crippen molar-refractivity contribution in [2.75, 3.05) is 11.5 Å². The zero-order chi connectivity index (χ0) is 8.43. The second-order valence-electron chi connectivity index (χ2n) is 2.53. The van der Waals surface area contributed by atoms with Crippen LogP contribution in [-0.2, 0) is 0 Å². The molecule has 1 aromatic carbocycles. The summed E-state index contributed by atoms with van der Waals surface area (Å²) >= 11 is 4.27. The molecule has 1 rings (SSSR count). The highest BCUT2D eigenvalue weighted by Crippen LogP contribution is 2.28. The van der Waals surface area contributed by atoms with Gasteiger partial charge in [0.1, 0.15) is 0 Å². The van der Waals surface area contributed by atoms with Gasteiger partial charge in [-0.25, -0.2) is 0 Å².